The fourth-order valence-corrected chi connectivity index (χ4v) is 1.70. The molecule has 0 unspecified atom stereocenters. The van der Waals surface area contributed by atoms with E-state index in [-0.39, 0.29) is 6.04 Å². The maximum absolute atomic E-state index is 4.14. The van der Waals surface area contributed by atoms with E-state index in [4.69, 9.17) is 0 Å². The Morgan fingerprint density at radius 1 is 1.33 bits per heavy atom. The van der Waals surface area contributed by atoms with Crippen LogP contribution in [0.1, 0.15) is 24.1 Å². The standard InChI is InChI=1S/C12H15N3/c1-9-5-3-4-6-11(9)10(2)15-12-13-7-8-14-12/h3-8,10H,1-2H3,(H2,13,14,15)/t10-/m0/s1. The molecule has 0 saturated heterocycles. The van der Waals surface area contributed by atoms with Crippen molar-refractivity contribution < 1.29 is 0 Å². The number of aromatic nitrogens is 2. The fraction of sp³-hybridized carbons (Fsp3) is 0.250. The first-order chi connectivity index (χ1) is 7.27. The lowest BCUT2D eigenvalue weighted by Gasteiger charge is -2.15. The summed E-state index contributed by atoms with van der Waals surface area (Å²) in [6.07, 6.45) is 3.56. The molecule has 0 amide bonds. The maximum Gasteiger partial charge on any atom is 0.200 e. The fourth-order valence-electron chi connectivity index (χ4n) is 1.70. The number of nitrogens with one attached hydrogen (secondary N) is 2. The molecular formula is C12H15N3. The molecule has 0 aliphatic rings. The number of nitrogens with zero attached hydrogens (tertiary/aromatic N) is 1. The smallest absolute Gasteiger partial charge is 0.200 e. The van der Waals surface area contributed by atoms with Gasteiger partial charge in [0.2, 0.25) is 5.95 Å². The highest BCUT2D eigenvalue weighted by Gasteiger charge is 2.07. The van der Waals surface area contributed by atoms with Crippen molar-refractivity contribution in [1.82, 2.24) is 9.97 Å². The molecule has 0 spiro atoms. The Kier molecular flexibility index (Phi) is 2.72. The largest absolute Gasteiger partial charge is 0.349 e. The number of anilines is 1. The summed E-state index contributed by atoms with van der Waals surface area (Å²) < 4.78 is 0. The predicted molar refractivity (Wildman–Crippen MR) is 61.8 cm³/mol. The first-order valence-corrected chi connectivity index (χ1v) is 5.09. The predicted octanol–water partition coefficient (Wildman–Crippen LogP) is 2.89. The molecule has 1 atom stereocenters. The highest BCUT2D eigenvalue weighted by molar-refractivity contribution is 5.35. The number of hydrogen-bond donors (Lipinski definition) is 2. The van der Waals surface area contributed by atoms with Gasteiger partial charge in [-0.05, 0) is 25.0 Å². The van der Waals surface area contributed by atoms with E-state index in [0.717, 1.165) is 5.95 Å². The van der Waals surface area contributed by atoms with Gasteiger partial charge in [-0.3, -0.25) is 0 Å². The zero-order valence-electron chi connectivity index (χ0n) is 8.99. The van der Waals surface area contributed by atoms with Crippen LogP contribution in [0.2, 0.25) is 0 Å². The molecule has 0 bridgehead atoms. The first-order valence-electron chi connectivity index (χ1n) is 5.09. The third kappa shape index (κ3) is 2.18. The van der Waals surface area contributed by atoms with Crippen LogP contribution in [0.3, 0.4) is 0 Å². The zero-order valence-corrected chi connectivity index (χ0v) is 8.99. The van der Waals surface area contributed by atoms with Gasteiger partial charge in [0.05, 0.1) is 6.04 Å². The van der Waals surface area contributed by atoms with Crippen LogP contribution < -0.4 is 5.32 Å². The van der Waals surface area contributed by atoms with Gasteiger partial charge >= 0.3 is 0 Å². The van der Waals surface area contributed by atoms with Crippen LogP contribution >= 0.6 is 0 Å². The molecule has 1 aromatic carbocycles. The van der Waals surface area contributed by atoms with Crippen molar-refractivity contribution in [3.05, 3.63) is 47.8 Å². The monoisotopic (exact) mass is 201 g/mol. The van der Waals surface area contributed by atoms with Gasteiger partial charge < -0.3 is 10.3 Å². The molecule has 3 heteroatoms. The molecule has 0 fully saturated rings. The number of H-pyrrole nitrogens is 1. The third-order valence-electron chi connectivity index (χ3n) is 2.51. The first kappa shape index (κ1) is 9.77. The molecule has 78 valence electrons. The summed E-state index contributed by atoms with van der Waals surface area (Å²) in [4.78, 5) is 7.18. The lowest BCUT2D eigenvalue weighted by molar-refractivity contribution is 0.858. The summed E-state index contributed by atoms with van der Waals surface area (Å²) in [5, 5.41) is 3.31. The molecule has 0 radical (unpaired) electrons. The molecule has 0 aliphatic carbocycles. The minimum Gasteiger partial charge on any atom is -0.349 e. The van der Waals surface area contributed by atoms with Crippen LogP contribution in [0, 0.1) is 6.92 Å². The van der Waals surface area contributed by atoms with Crippen LogP contribution in [-0.2, 0) is 0 Å². The molecule has 2 aromatic rings. The molecule has 2 N–H and O–H groups in total. The normalized spacial score (nSPS) is 12.4. The van der Waals surface area contributed by atoms with Crippen molar-refractivity contribution in [2.75, 3.05) is 5.32 Å². The maximum atomic E-state index is 4.14. The van der Waals surface area contributed by atoms with Crippen LogP contribution in [0.5, 0.6) is 0 Å². The van der Waals surface area contributed by atoms with Crippen molar-refractivity contribution in [3.8, 4) is 0 Å². The Morgan fingerprint density at radius 2 is 2.13 bits per heavy atom. The Hall–Kier alpha value is -1.77. The van der Waals surface area contributed by atoms with Gasteiger partial charge in [0.15, 0.2) is 0 Å². The van der Waals surface area contributed by atoms with E-state index in [2.05, 4.69) is 53.4 Å². The van der Waals surface area contributed by atoms with Crippen LogP contribution in [0.15, 0.2) is 36.7 Å². The Morgan fingerprint density at radius 3 is 2.80 bits per heavy atom. The van der Waals surface area contributed by atoms with E-state index >= 15 is 0 Å². The Labute approximate surface area is 89.6 Å². The van der Waals surface area contributed by atoms with E-state index in [1.807, 2.05) is 6.20 Å². The van der Waals surface area contributed by atoms with Crippen molar-refractivity contribution in [1.29, 1.82) is 0 Å². The molecule has 15 heavy (non-hydrogen) atoms. The lowest BCUT2D eigenvalue weighted by Crippen LogP contribution is -2.08. The van der Waals surface area contributed by atoms with Gasteiger partial charge in [0.1, 0.15) is 0 Å². The van der Waals surface area contributed by atoms with Crippen molar-refractivity contribution >= 4 is 5.95 Å². The molecular weight excluding hydrogens is 186 g/mol. The van der Waals surface area contributed by atoms with Gasteiger partial charge in [-0.1, -0.05) is 24.3 Å². The molecule has 1 aromatic heterocycles. The second kappa shape index (κ2) is 4.17. The van der Waals surface area contributed by atoms with Gasteiger partial charge in [-0.25, -0.2) is 4.98 Å². The second-order valence-corrected chi connectivity index (χ2v) is 3.66. The highest BCUT2D eigenvalue weighted by atomic mass is 15.1. The van der Waals surface area contributed by atoms with Gasteiger partial charge in [-0.15, -0.1) is 0 Å². The number of aromatic amines is 1. The summed E-state index contributed by atoms with van der Waals surface area (Å²) in [6.45, 7) is 4.25. The number of hydrogen-bond acceptors (Lipinski definition) is 2. The second-order valence-electron chi connectivity index (χ2n) is 3.66. The van der Waals surface area contributed by atoms with Gasteiger partial charge in [-0.2, -0.15) is 0 Å². The van der Waals surface area contributed by atoms with E-state index in [0.29, 0.717) is 0 Å². The van der Waals surface area contributed by atoms with E-state index < -0.39 is 0 Å². The van der Waals surface area contributed by atoms with E-state index in [1.165, 1.54) is 11.1 Å². The third-order valence-corrected chi connectivity index (χ3v) is 2.51. The minimum absolute atomic E-state index is 0.261. The van der Waals surface area contributed by atoms with Crippen molar-refractivity contribution in [2.24, 2.45) is 0 Å². The molecule has 2 rings (SSSR count). The topological polar surface area (TPSA) is 40.7 Å². The van der Waals surface area contributed by atoms with Gasteiger partial charge in [0, 0.05) is 12.4 Å². The summed E-state index contributed by atoms with van der Waals surface area (Å²) in [5.41, 5.74) is 2.60. The molecule has 1 heterocycles. The number of benzene rings is 1. The molecule has 3 nitrogen and oxygen atoms in total. The van der Waals surface area contributed by atoms with Gasteiger partial charge in [0.25, 0.3) is 0 Å². The minimum atomic E-state index is 0.261. The SMILES string of the molecule is Cc1ccccc1[C@H](C)Nc1ncc[nH]1. The molecule has 0 aliphatic heterocycles. The Bertz CT molecular complexity index is 420. The summed E-state index contributed by atoms with van der Waals surface area (Å²) in [7, 11) is 0. The van der Waals surface area contributed by atoms with Crippen LogP contribution in [0.4, 0.5) is 5.95 Å². The van der Waals surface area contributed by atoms with Crippen LogP contribution in [-0.4, -0.2) is 9.97 Å². The lowest BCUT2D eigenvalue weighted by atomic mass is 10.0. The van der Waals surface area contributed by atoms with Crippen molar-refractivity contribution in [2.45, 2.75) is 19.9 Å². The zero-order chi connectivity index (χ0) is 10.7. The van der Waals surface area contributed by atoms with Crippen LogP contribution in [0.25, 0.3) is 0 Å². The summed E-state index contributed by atoms with van der Waals surface area (Å²) in [6, 6.07) is 8.63. The highest BCUT2D eigenvalue weighted by Crippen LogP contribution is 2.19. The average molecular weight is 201 g/mol. The van der Waals surface area contributed by atoms with E-state index in [9.17, 15) is 0 Å². The summed E-state index contributed by atoms with van der Waals surface area (Å²) in [5.74, 6) is 0.811. The van der Waals surface area contributed by atoms with Crippen molar-refractivity contribution in [3.63, 3.8) is 0 Å². The quantitative estimate of drug-likeness (QED) is 0.801. The number of rotatable bonds is 3. The number of aryl methyl sites for hydroxylation is 1. The average Bonchev–Trinajstić information content (AvgIpc) is 2.71. The molecule has 0 saturated carbocycles. The Balaban J connectivity index is 2.15. The summed E-state index contributed by atoms with van der Waals surface area (Å²) >= 11 is 0. The van der Waals surface area contributed by atoms with E-state index in [1.54, 1.807) is 6.20 Å². The number of imidazole rings is 1.